The van der Waals surface area contributed by atoms with Gasteiger partial charge in [-0.25, -0.2) is 19.9 Å². The summed E-state index contributed by atoms with van der Waals surface area (Å²) in [7, 11) is 0. The molecular formula is C58H36N4. The van der Waals surface area contributed by atoms with E-state index in [2.05, 4.69) is 218 Å². The Kier molecular flexibility index (Phi) is 8.46. The largest absolute Gasteiger partial charge is 0.247 e. The predicted octanol–water partition coefficient (Wildman–Crippen LogP) is 15.0. The van der Waals surface area contributed by atoms with Gasteiger partial charge >= 0.3 is 0 Å². The van der Waals surface area contributed by atoms with Gasteiger partial charge in [0.05, 0.1) is 11.2 Å². The number of benzene rings is 10. The molecule has 0 atom stereocenters. The summed E-state index contributed by atoms with van der Waals surface area (Å²) in [5.41, 5.74) is 10.1. The van der Waals surface area contributed by atoms with E-state index >= 15 is 0 Å². The highest BCUT2D eigenvalue weighted by atomic mass is 15.0. The molecule has 0 bridgehead atoms. The van der Waals surface area contributed by atoms with Crippen molar-refractivity contribution in [3.05, 3.63) is 218 Å². The van der Waals surface area contributed by atoms with Gasteiger partial charge in [0.25, 0.3) is 0 Å². The quantitative estimate of drug-likeness (QED) is 0.158. The van der Waals surface area contributed by atoms with E-state index in [1.54, 1.807) is 0 Å². The van der Waals surface area contributed by atoms with Gasteiger partial charge in [-0.2, -0.15) is 0 Å². The van der Waals surface area contributed by atoms with Crippen LogP contribution in [0.15, 0.2) is 218 Å². The van der Waals surface area contributed by atoms with E-state index in [1.807, 2.05) is 0 Å². The first kappa shape index (κ1) is 35.6. The number of nitrogens with zero attached hydrogens (tertiary/aromatic N) is 4. The first-order valence-corrected chi connectivity index (χ1v) is 21.0. The Morgan fingerprint density at radius 2 is 0.726 bits per heavy atom. The van der Waals surface area contributed by atoms with Crippen LogP contribution in [-0.4, -0.2) is 19.9 Å². The number of hydrogen-bond donors (Lipinski definition) is 0. The molecule has 2 aromatic heterocycles. The maximum absolute atomic E-state index is 5.33. The van der Waals surface area contributed by atoms with Crippen molar-refractivity contribution >= 4 is 54.0 Å². The highest BCUT2D eigenvalue weighted by Gasteiger charge is 2.20. The highest BCUT2D eigenvalue weighted by molar-refractivity contribution is 6.25. The standard InChI is InChI=1S/C58H36N4/c1-3-15-37(16-4-1)45-33-46(51-36-52-54(49-24-12-11-23-48(49)51)50-25-13-14-26-53(50)59-55(52)40-19-5-2-6-20-40)35-47(34-45)58-61-56(43-29-27-38-17-7-9-21-41(38)31-43)60-57(62-58)44-30-28-39-18-8-10-22-42(39)32-44/h1-36H. The van der Waals surface area contributed by atoms with Gasteiger partial charge < -0.3 is 0 Å². The van der Waals surface area contributed by atoms with E-state index in [0.29, 0.717) is 17.5 Å². The minimum Gasteiger partial charge on any atom is -0.247 e. The van der Waals surface area contributed by atoms with Crippen molar-refractivity contribution < 1.29 is 0 Å². The van der Waals surface area contributed by atoms with Gasteiger partial charge in [0.2, 0.25) is 0 Å². The molecular weight excluding hydrogens is 753 g/mol. The molecule has 0 aliphatic rings. The second-order valence-corrected chi connectivity index (χ2v) is 15.8. The van der Waals surface area contributed by atoms with Gasteiger partial charge in [0.15, 0.2) is 17.5 Å². The summed E-state index contributed by atoms with van der Waals surface area (Å²) in [6.07, 6.45) is 0. The molecule has 0 radical (unpaired) electrons. The normalized spacial score (nSPS) is 11.5. The lowest BCUT2D eigenvalue weighted by Crippen LogP contribution is -2.01. The molecule has 12 rings (SSSR count). The molecule has 4 heteroatoms. The number of hydrogen-bond acceptors (Lipinski definition) is 4. The molecule has 12 aromatic rings. The molecule has 0 fully saturated rings. The molecule has 2 heterocycles. The first-order valence-electron chi connectivity index (χ1n) is 21.0. The van der Waals surface area contributed by atoms with Crippen molar-refractivity contribution in [3.63, 3.8) is 0 Å². The molecule has 0 spiro atoms. The summed E-state index contributed by atoms with van der Waals surface area (Å²) < 4.78 is 0. The van der Waals surface area contributed by atoms with Crippen LogP contribution in [0.5, 0.6) is 0 Å². The summed E-state index contributed by atoms with van der Waals surface area (Å²) in [6.45, 7) is 0. The molecule has 0 unspecified atom stereocenters. The van der Waals surface area contributed by atoms with E-state index in [1.165, 1.54) is 21.5 Å². The molecule has 0 N–H and O–H groups in total. The van der Waals surface area contributed by atoms with Crippen LogP contribution in [0.4, 0.5) is 0 Å². The smallest absolute Gasteiger partial charge is 0.164 e. The highest BCUT2D eigenvalue weighted by Crippen LogP contribution is 2.43. The molecule has 288 valence electrons. The summed E-state index contributed by atoms with van der Waals surface area (Å²) in [4.78, 5) is 21.1. The monoisotopic (exact) mass is 788 g/mol. The average molecular weight is 789 g/mol. The summed E-state index contributed by atoms with van der Waals surface area (Å²) in [6, 6.07) is 77.2. The number of rotatable bonds is 6. The Bertz CT molecular complexity index is 3590. The van der Waals surface area contributed by atoms with Gasteiger partial charge in [-0.05, 0) is 97.0 Å². The lowest BCUT2D eigenvalue weighted by molar-refractivity contribution is 1.08. The van der Waals surface area contributed by atoms with Crippen molar-refractivity contribution in [2.24, 2.45) is 0 Å². The van der Waals surface area contributed by atoms with E-state index < -0.39 is 0 Å². The van der Waals surface area contributed by atoms with Crippen LogP contribution < -0.4 is 0 Å². The van der Waals surface area contributed by atoms with Crippen molar-refractivity contribution in [1.82, 2.24) is 19.9 Å². The zero-order valence-electron chi connectivity index (χ0n) is 33.6. The fraction of sp³-hybridized carbons (Fsp3) is 0. The molecule has 4 nitrogen and oxygen atoms in total. The topological polar surface area (TPSA) is 51.6 Å². The third kappa shape index (κ3) is 6.25. The van der Waals surface area contributed by atoms with Crippen LogP contribution in [0.3, 0.4) is 0 Å². The maximum atomic E-state index is 5.33. The van der Waals surface area contributed by atoms with Crippen LogP contribution in [0, 0.1) is 0 Å². The van der Waals surface area contributed by atoms with E-state index in [4.69, 9.17) is 19.9 Å². The van der Waals surface area contributed by atoms with Gasteiger partial charge in [0.1, 0.15) is 0 Å². The van der Waals surface area contributed by atoms with Gasteiger partial charge in [-0.1, -0.05) is 176 Å². The average Bonchev–Trinajstić information content (AvgIpc) is 3.35. The fourth-order valence-corrected chi connectivity index (χ4v) is 9.00. The van der Waals surface area contributed by atoms with Gasteiger partial charge in [0, 0.05) is 38.4 Å². The molecule has 62 heavy (non-hydrogen) atoms. The van der Waals surface area contributed by atoms with Gasteiger partial charge in [-0.15, -0.1) is 0 Å². The summed E-state index contributed by atoms with van der Waals surface area (Å²) in [5.74, 6) is 1.85. The fourth-order valence-electron chi connectivity index (χ4n) is 9.00. The lowest BCUT2D eigenvalue weighted by Gasteiger charge is -2.17. The predicted molar refractivity (Wildman–Crippen MR) is 258 cm³/mol. The second-order valence-electron chi connectivity index (χ2n) is 15.8. The van der Waals surface area contributed by atoms with E-state index in [-0.39, 0.29) is 0 Å². The van der Waals surface area contributed by atoms with Gasteiger partial charge in [-0.3, -0.25) is 0 Å². The molecule has 0 aliphatic carbocycles. The summed E-state index contributed by atoms with van der Waals surface area (Å²) >= 11 is 0. The Morgan fingerprint density at radius 1 is 0.242 bits per heavy atom. The molecule has 0 saturated heterocycles. The van der Waals surface area contributed by atoms with Crippen LogP contribution in [0.25, 0.3) is 122 Å². The number of para-hydroxylation sites is 1. The summed E-state index contributed by atoms with van der Waals surface area (Å²) in [5, 5.41) is 10.4. The minimum absolute atomic E-state index is 0.605. The number of fused-ring (bicyclic) bond motifs is 7. The van der Waals surface area contributed by atoms with Crippen molar-refractivity contribution in [2.75, 3.05) is 0 Å². The number of aromatic nitrogens is 4. The van der Waals surface area contributed by atoms with E-state index in [0.717, 1.165) is 82.6 Å². The molecule has 0 amide bonds. The minimum atomic E-state index is 0.605. The van der Waals surface area contributed by atoms with Crippen molar-refractivity contribution in [2.45, 2.75) is 0 Å². The zero-order chi connectivity index (χ0) is 41.0. The van der Waals surface area contributed by atoms with Crippen LogP contribution >= 0.6 is 0 Å². The molecule has 10 aromatic carbocycles. The second kappa shape index (κ2) is 14.7. The SMILES string of the molecule is c1ccc(-c2cc(-c3nc(-c4ccc5ccccc5c4)nc(-c4ccc5ccccc5c4)n3)cc(-c3cc4c(-c5ccccc5)nc5ccccc5c4c4ccccc34)c2)cc1. The van der Waals surface area contributed by atoms with Crippen LogP contribution in [0.2, 0.25) is 0 Å². The van der Waals surface area contributed by atoms with E-state index in [9.17, 15) is 0 Å². The maximum Gasteiger partial charge on any atom is 0.164 e. The zero-order valence-corrected chi connectivity index (χ0v) is 33.6. The Labute approximate surface area is 358 Å². The van der Waals surface area contributed by atoms with Crippen molar-refractivity contribution in [1.29, 1.82) is 0 Å². The number of pyridine rings is 1. The third-order valence-corrected chi connectivity index (χ3v) is 12.0. The van der Waals surface area contributed by atoms with Crippen LogP contribution in [0.1, 0.15) is 0 Å². The Balaban J connectivity index is 1.14. The lowest BCUT2D eigenvalue weighted by atomic mass is 9.88. The molecule has 0 saturated carbocycles. The third-order valence-electron chi connectivity index (χ3n) is 12.0. The molecule has 0 aliphatic heterocycles. The first-order chi connectivity index (χ1) is 30.7. The van der Waals surface area contributed by atoms with Crippen molar-refractivity contribution in [3.8, 4) is 67.7 Å². The Hall–Kier alpha value is -8.34. The van der Waals surface area contributed by atoms with Crippen LogP contribution in [-0.2, 0) is 0 Å². The Morgan fingerprint density at radius 3 is 1.37 bits per heavy atom.